The van der Waals surface area contributed by atoms with Crippen LogP contribution in [0.3, 0.4) is 0 Å². The molecule has 0 N–H and O–H groups in total. The van der Waals surface area contributed by atoms with Gasteiger partial charge in [-0.1, -0.05) is 29.8 Å². The van der Waals surface area contributed by atoms with Gasteiger partial charge in [-0.3, -0.25) is 10.1 Å². The van der Waals surface area contributed by atoms with Gasteiger partial charge in [0.1, 0.15) is 5.78 Å². The number of nitro benzene ring substituents is 1. The molecule has 0 spiro atoms. The number of hydrogen-bond donors (Lipinski definition) is 0. The monoisotopic (exact) mass is 361 g/mol. The second-order valence-corrected chi connectivity index (χ2v) is 4.65. The van der Waals surface area contributed by atoms with E-state index in [1.807, 2.05) is 30.3 Å². The van der Waals surface area contributed by atoms with Crippen molar-refractivity contribution >= 4 is 17.5 Å². The fourth-order valence-corrected chi connectivity index (χ4v) is 1.92. The molecule has 0 atom stereocenters. The Morgan fingerprint density at radius 2 is 1.54 bits per heavy atom. The minimum Gasteiger partial charge on any atom is -0.748 e. The van der Waals surface area contributed by atoms with Gasteiger partial charge in [0.25, 0.3) is 5.69 Å². The second-order valence-electron chi connectivity index (χ2n) is 4.65. The van der Waals surface area contributed by atoms with Crippen LogP contribution in [0.2, 0.25) is 0 Å². The summed E-state index contributed by atoms with van der Waals surface area (Å²) in [5.74, 6) is -0.168. The van der Waals surface area contributed by atoms with E-state index in [9.17, 15) is 14.9 Å². The van der Waals surface area contributed by atoms with Gasteiger partial charge >= 0.3 is 0 Å². The van der Waals surface area contributed by atoms with Crippen molar-refractivity contribution in [3.63, 3.8) is 0 Å². The molecule has 0 aliphatic rings. The summed E-state index contributed by atoms with van der Waals surface area (Å²) in [6.45, 7) is 0. The first-order valence-electron chi connectivity index (χ1n) is 7.02. The van der Waals surface area contributed by atoms with Gasteiger partial charge in [0, 0.05) is 28.7 Å². The van der Waals surface area contributed by atoms with E-state index in [1.54, 1.807) is 42.5 Å². The zero-order valence-corrected chi connectivity index (χ0v) is 13.8. The van der Waals surface area contributed by atoms with Crippen molar-refractivity contribution in [1.82, 2.24) is 0 Å². The number of nitro groups is 1. The smallest absolute Gasteiger partial charge is 0.275 e. The molecule has 0 saturated carbocycles. The van der Waals surface area contributed by atoms with Gasteiger partial charge in [0.2, 0.25) is 0 Å². The maximum absolute atomic E-state index is 11.7. The van der Waals surface area contributed by atoms with E-state index in [0.717, 1.165) is 0 Å². The molecule has 0 saturated heterocycles. The molecule has 3 aromatic rings. The molecule has 0 unspecified atom stereocenters. The SMILES string of the molecule is O=C(C=Cc1ccccc1[N+](=O)[O-])[c-]1cccc1.[Fe].[cH-]1[cH-][cH-][cH-][cH-]1. The largest absolute Gasteiger partial charge is 0.748 e. The van der Waals surface area contributed by atoms with Gasteiger partial charge in [-0.2, -0.15) is 12.1 Å². The summed E-state index contributed by atoms with van der Waals surface area (Å²) in [6.07, 6.45) is 2.81. The molecule has 5 heteroatoms. The molecule has 3 rings (SSSR count). The van der Waals surface area contributed by atoms with E-state index in [2.05, 4.69) is 0 Å². The normalized spacial score (nSPS) is 9.67. The number of allylic oxidation sites excluding steroid dienone is 1. The molecule has 0 radical (unpaired) electrons. The van der Waals surface area contributed by atoms with Crippen molar-refractivity contribution < 1.29 is 26.8 Å². The van der Waals surface area contributed by atoms with Crippen molar-refractivity contribution in [3.05, 3.63) is 106 Å². The van der Waals surface area contributed by atoms with Crippen LogP contribution in [0.5, 0.6) is 0 Å². The first-order chi connectivity index (χ1) is 11.2. The molecule has 0 aliphatic carbocycles. The van der Waals surface area contributed by atoms with Crippen molar-refractivity contribution in [1.29, 1.82) is 0 Å². The number of ketones is 1. The van der Waals surface area contributed by atoms with Crippen molar-refractivity contribution in [3.8, 4) is 0 Å². The van der Waals surface area contributed by atoms with E-state index in [-0.39, 0.29) is 28.5 Å². The van der Waals surface area contributed by atoms with Crippen molar-refractivity contribution in [2.75, 3.05) is 0 Å². The molecule has 0 heterocycles. The van der Waals surface area contributed by atoms with E-state index >= 15 is 0 Å². The quantitative estimate of drug-likeness (QED) is 0.170. The number of benzene rings is 1. The Kier molecular flexibility index (Phi) is 8.12. The van der Waals surface area contributed by atoms with Crippen LogP contribution in [0.25, 0.3) is 6.08 Å². The zero-order chi connectivity index (χ0) is 16.5. The van der Waals surface area contributed by atoms with Crippen LogP contribution < -0.4 is 0 Å². The third kappa shape index (κ3) is 5.80. The number of rotatable bonds is 4. The Hall–Kier alpha value is -2.75. The topological polar surface area (TPSA) is 60.2 Å². The molecule has 0 aliphatic heterocycles. The number of hydrogen-bond acceptors (Lipinski definition) is 3. The fraction of sp³-hybridized carbons (Fsp3) is 0. The van der Waals surface area contributed by atoms with Crippen LogP contribution in [0.1, 0.15) is 15.9 Å². The van der Waals surface area contributed by atoms with E-state index < -0.39 is 4.92 Å². The maximum Gasteiger partial charge on any atom is 0.275 e. The summed E-state index contributed by atoms with van der Waals surface area (Å²) >= 11 is 0. The third-order valence-corrected chi connectivity index (χ3v) is 3.05. The Bertz CT molecular complexity index is 758. The van der Waals surface area contributed by atoms with Gasteiger partial charge < -0.3 is 35.1 Å². The van der Waals surface area contributed by atoms with Crippen LogP contribution in [0, 0.1) is 10.1 Å². The van der Waals surface area contributed by atoms with E-state index in [0.29, 0.717) is 11.1 Å². The van der Waals surface area contributed by atoms with Gasteiger partial charge in [0.05, 0.1) is 4.92 Å². The molecule has 24 heavy (non-hydrogen) atoms. The van der Waals surface area contributed by atoms with Crippen molar-refractivity contribution in [2.24, 2.45) is 0 Å². The zero-order valence-electron chi connectivity index (χ0n) is 12.7. The minimum atomic E-state index is -0.466. The van der Waals surface area contributed by atoms with Gasteiger partial charge in [-0.15, -0.1) is 12.1 Å². The summed E-state index contributed by atoms with van der Waals surface area (Å²) < 4.78 is 0. The van der Waals surface area contributed by atoms with E-state index in [1.165, 1.54) is 18.2 Å². The van der Waals surface area contributed by atoms with Gasteiger partial charge in [-0.05, 0) is 6.07 Å². The molecule has 128 valence electrons. The van der Waals surface area contributed by atoms with Crippen LogP contribution in [-0.2, 0) is 17.1 Å². The molecule has 0 bridgehead atoms. The first-order valence-corrected chi connectivity index (χ1v) is 7.02. The van der Waals surface area contributed by atoms with Crippen molar-refractivity contribution in [2.45, 2.75) is 0 Å². The molecule has 0 aromatic heterocycles. The van der Waals surface area contributed by atoms with Gasteiger partial charge in [0.15, 0.2) is 0 Å². The molecule has 0 amide bonds. The second kappa shape index (κ2) is 10.1. The van der Waals surface area contributed by atoms with Crippen LogP contribution in [0.4, 0.5) is 5.69 Å². The predicted molar refractivity (Wildman–Crippen MR) is 90.5 cm³/mol. The standard InChI is InChI=1S/C14H10NO3.C5H5.Fe/c16-14(12-6-1-2-7-12)10-9-11-5-3-4-8-13(11)15(17)18;1-2-4-5-3-1;/h1-10H;1-5H;/q-1;-5;. The van der Waals surface area contributed by atoms with Crippen LogP contribution >= 0.6 is 0 Å². The van der Waals surface area contributed by atoms with Gasteiger partial charge in [-0.25, -0.2) is 0 Å². The fourth-order valence-electron chi connectivity index (χ4n) is 1.92. The third-order valence-electron chi connectivity index (χ3n) is 3.05. The summed E-state index contributed by atoms with van der Waals surface area (Å²) in [5.41, 5.74) is 0.983. The average molecular weight is 361 g/mol. The molecular weight excluding hydrogens is 346 g/mol. The molecule has 0 fully saturated rings. The Morgan fingerprint density at radius 1 is 1.00 bits per heavy atom. The summed E-state index contributed by atoms with van der Waals surface area (Å²) in [4.78, 5) is 22.0. The Balaban J connectivity index is 0.000000412. The maximum atomic E-state index is 11.7. The number of nitrogens with zero attached hydrogens (tertiary/aromatic N) is 1. The number of carbonyl (C=O) groups excluding carboxylic acids is 1. The Labute approximate surface area is 150 Å². The summed E-state index contributed by atoms with van der Waals surface area (Å²) in [7, 11) is 0. The number of carbonyl (C=O) groups is 1. The molecule has 4 nitrogen and oxygen atoms in total. The molecular formula is C19H15FeNO3-6. The van der Waals surface area contributed by atoms with Crippen LogP contribution in [-0.4, -0.2) is 10.7 Å². The Morgan fingerprint density at radius 3 is 2.08 bits per heavy atom. The summed E-state index contributed by atoms with van der Waals surface area (Å²) in [6, 6.07) is 23.2. The average Bonchev–Trinajstić information content (AvgIpc) is 3.28. The minimum absolute atomic E-state index is 0. The van der Waals surface area contributed by atoms with Crippen LogP contribution in [0.15, 0.2) is 84.9 Å². The predicted octanol–water partition coefficient (Wildman–Crippen LogP) is 4.61. The summed E-state index contributed by atoms with van der Waals surface area (Å²) in [5, 5.41) is 10.8. The number of para-hydroxylation sites is 1. The molecule has 3 aromatic carbocycles. The van der Waals surface area contributed by atoms with E-state index in [4.69, 9.17) is 0 Å². The first kappa shape index (κ1) is 19.3.